The maximum Gasteiger partial charge on any atom is 0.459 e. The van der Waals surface area contributed by atoms with E-state index in [2.05, 4.69) is 5.10 Å². The summed E-state index contributed by atoms with van der Waals surface area (Å²) in [6, 6.07) is 4.25. The van der Waals surface area contributed by atoms with Gasteiger partial charge in [0.05, 0.1) is 5.56 Å². The number of hydrogen-bond donors (Lipinski definition) is 2. The van der Waals surface area contributed by atoms with Crippen molar-refractivity contribution < 1.29 is 39.9 Å². The Morgan fingerprint density at radius 3 is 2.23 bits per heavy atom. The van der Waals surface area contributed by atoms with Gasteiger partial charge in [-0.05, 0) is 18.2 Å². The van der Waals surface area contributed by atoms with Crippen LogP contribution in [0.2, 0.25) is 0 Å². The van der Waals surface area contributed by atoms with E-state index in [-0.39, 0.29) is 10.2 Å². The number of carbonyl (C=O) groups is 1. The molecule has 162 valence electrons. The molecule has 7 nitrogen and oxygen atoms in total. The van der Waals surface area contributed by atoms with E-state index in [1.807, 2.05) is 0 Å². The van der Waals surface area contributed by atoms with Crippen molar-refractivity contribution in [2.45, 2.75) is 18.3 Å². The Hall–Kier alpha value is -3.41. The van der Waals surface area contributed by atoms with E-state index < -0.39 is 52.5 Å². The predicted molar refractivity (Wildman–Crippen MR) is 84.3 cm³/mol. The number of hydrogen-bond acceptors (Lipinski definition) is 5. The average Bonchev–Trinajstić information content (AvgIpc) is 2.97. The van der Waals surface area contributed by atoms with Gasteiger partial charge < -0.3 is 16.0 Å². The molecule has 15 heteroatoms. The fraction of sp³-hybridized carbons (Fsp3) is 0.267. The normalized spacial score (nSPS) is 12.4. The second-order valence-electron chi connectivity index (χ2n) is 5.69. The predicted octanol–water partition coefficient (Wildman–Crippen LogP) is 4.13. The number of aromatic nitrogens is 2. The molecule has 0 saturated heterocycles. The van der Waals surface area contributed by atoms with Crippen LogP contribution in [0.3, 0.4) is 0 Å². The quantitative estimate of drug-likeness (QED) is 0.547. The first-order valence-corrected chi connectivity index (χ1v) is 7.48. The van der Waals surface area contributed by atoms with Gasteiger partial charge >= 0.3 is 18.3 Å². The van der Waals surface area contributed by atoms with Gasteiger partial charge in [-0.2, -0.15) is 45.5 Å². The molecule has 0 aliphatic carbocycles. The zero-order valence-corrected chi connectivity index (χ0v) is 14.4. The molecule has 2 N–H and O–H groups in total. The molecule has 2 aromatic rings. The smallest absolute Gasteiger partial charge is 0.459 e. The first kappa shape index (κ1) is 22.9. The molecule has 1 heterocycles. The summed E-state index contributed by atoms with van der Waals surface area (Å²) in [6.45, 7) is 0. The number of aryl methyl sites for hydroxylation is 1. The van der Waals surface area contributed by atoms with Crippen LogP contribution in [0.25, 0.3) is 0 Å². The number of nitriles is 1. The van der Waals surface area contributed by atoms with E-state index in [1.54, 1.807) is 11.4 Å². The van der Waals surface area contributed by atoms with Crippen molar-refractivity contribution in [1.82, 2.24) is 9.78 Å². The van der Waals surface area contributed by atoms with Gasteiger partial charge in [-0.15, -0.1) is 0 Å². The molecule has 0 saturated carbocycles. The van der Waals surface area contributed by atoms with Crippen molar-refractivity contribution in [2.24, 2.45) is 7.05 Å². The number of nitrogens with one attached hydrogen (secondary N) is 2. The minimum atomic E-state index is -6.38. The highest BCUT2D eigenvalue weighted by molar-refractivity contribution is 6.05. The SMILES string of the molecule is Cn1nc(C(F)(F)C(F)(F)F)c(C(F)(F)F)c1NC(=O)c1ccc(C#N)c(N[O-])c1. The molecule has 2 rings (SSSR count). The number of amides is 1. The van der Waals surface area contributed by atoms with Crippen molar-refractivity contribution in [1.29, 1.82) is 5.26 Å². The maximum atomic E-state index is 13.6. The Kier molecular flexibility index (Phi) is 5.68. The van der Waals surface area contributed by atoms with Crippen molar-refractivity contribution in [3.63, 3.8) is 0 Å². The van der Waals surface area contributed by atoms with Gasteiger partial charge in [-0.25, -0.2) is 0 Å². The third kappa shape index (κ3) is 3.99. The number of anilines is 2. The van der Waals surface area contributed by atoms with Crippen LogP contribution < -0.4 is 10.8 Å². The summed E-state index contributed by atoms with van der Waals surface area (Å²) in [4.78, 5) is 12.2. The van der Waals surface area contributed by atoms with Crippen LogP contribution in [0.1, 0.15) is 27.2 Å². The summed E-state index contributed by atoms with van der Waals surface area (Å²) in [5.74, 6) is -8.84. The van der Waals surface area contributed by atoms with E-state index >= 15 is 0 Å². The minimum absolute atomic E-state index is 0.00607. The molecule has 1 aromatic heterocycles. The van der Waals surface area contributed by atoms with E-state index in [0.29, 0.717) is 7.05 Å². The number of rotatable bonds is 4. The van der Waals surface area contributed by atoms with Gasteiger partial charge in [-0.3, -0.25) is 9.48 Å². The van der Waals surface area contributed by atoms with E-state index in [0.717, 1.165) is 18.2 Å². The highest BCUT2D eigenvalue weighted by atomic mass is 19.4. The molecule has 0 unspecified atom stereocenters. The van der Waals surface area contributed by atoms with Crippen LogP contribution in [-0.4, -0.2) is 21.9 Å². The second kappa shape index (κ2) is 7.44. The van der Waals surface area contributed by atoms with Crippen LogP contribution in [-0.2, 0) is 19.1 Å². The summed E-state index contributed by atoms with van der Waals surface area (Å²) in [7, 11) is 0.615. The van der Waals surface area contributed by atoms with Gasteiger partial charge in [0.1, 0.15) is 17.5 Å². The summed E-state index contributed by atoms with van der Waals surface area (Å²) in [5.41, 5.74) is -4.94. The molecule has 0 radical (unpaired) electrons. The second-order valence-corrected chi connectivity index (χ2v) is 5.69. The monoisotopic (exact) mass is 442 g/mol. The lowest BCUT2D eigenvalue weighted by molar-refractivity contribution is -0.292. The van der Waals surface area contributed by atoms with Crippen LogP contribution in [0.4, 0.5) is 46.6 Å². The largest absolute Gasteiger partial charge is 0.761 e. The van der Waals surface area contributed by atoms with Crippen LogP contribution in [0, 0.1) is 16.5 Å². The zero-order chi connectivity index (χ0) is 23.1. The van der Waals surface area contributed by atoms with Gasteiger partial charge in [0.2, 0.25) is 0 Å². The van der Waals surface area contributed by atoms with Crippen molar-refractivity contribution >= 4 is 17.4 Å². The third-order valence-electron chi connectivity index (χ3n) is 3.73. The topological polar surface area (TPSA) is 106 Å². The van der Waals surface area contributed by atoms with Crippen molar-refractivity contribution in [2.75, 3.05) is 10.8 Å². The third-order valence-corrected chi connectivity index (χ3v) is 3.73. The number of halogens is 8. The Bertz CT molecular complexity index is 1020. The Labute approximate surface area is 161 Å². The van der Waals surface area contributed by atoms with Gasteiger partial charge in [0, 0.05) is 18.3 Å². The molecule has 1 aromatic carbocycles. The van der Waals surface area contributed by atoms with Gasteiger partial charge in [0.15, 0.2) is 5.69 Å². The lowest BCUT2D eigenvalue weighted by atomic mass is 10.1. The standard InChI is InChI=1S/C15H8F8N5O2/c1-28-11(25-12(29)6-2-3-7(5-24)8(4-6)27-30)9(14(18,19)20)10(26-28)13(16,17)15(21,22)23/h2-4,27H,1H3,(H,25,29)/q-1. The van der Waals surface area contributed by atoms with Crippen LogP contribution in [0.15, 0.2) is 18.2 Å². The van der Waals surface area contributed by atoms with Crippen LogP contribution in [0.5, 0.6) is 0 Å². The summed E-state index contributed by atoms with van der Waals surface area (Å²) in [6.07, 6.45) is -12.1. The molecule has 30 heavy (non-hydrogen) atoms. The maximum absolute atomic E-state index is 13.6. The summed E-state index contributed by atoms with van der Waals surface area (Å²) >= 11 is 0. The van der Waals surface area contributed by atoms with Crippen LogP contribution >= 0.6 is 0 Å². The fourth-order valence-corrected chi connectivity index (χ4v) is 2.34. The van der Waals surface area contributed by atoms with Gasteiger partial charge in [0.25, 0.3) is 5.91 Å². The summed E-state index contributed by atoms with van der Waals surface area (Å²) < 4.78 is 105. The lowest BCUT2D eigenvalue weighted by Crippen LogP contribution is -2.36. The number of benzene rings is 1. The minimum Gasteiger partial charge on any atom is -0.761 e. The van der Waals surface area contributed by atoms with E-state index in [1.165, 1.54) is 5.48 Å². The molecule has 0 atom stereocenters. The lowest BCUT2D eigenvalue weighted by Gasteiger charge is -2.20. The van der Waals surface area contributed by atoms with E-state index in [9.17, 15) is 45.1 Å². The Morgan fingerprint density at radius 1 is 1.17 bits per heavy atom. The molecule has 0 aliphatic heterocycles. The van der Waals surface area contributed by atoms with Gasteiger partial charge in [-0.1, -0.05) is 0 Å². The molecule has 0 aliphatic rings. The van der Waals surface area contributed by atoms with E-state index in [4.69, 9.17) is 5.26 Å². The first-order valence-electron chi connectivity index (χ1n) is 7.48. The molecule has 0 spiro atoms. The average molecular weight is 442 g/mol. The number of carbonyl (C=O) groups excluding carboxylic acids is 1. The zero-order valence-electron chi connectivity index (χ0n) is 14.4. The molecular formula is C15H8F8N5O2-. The summed E-state index contributed by atoms with van der Waals surface area (Å²) in [5, 5.41) is 23.8. The highest BCUT2D eigenvalue weighted by Gasteiger charge is 2.64. The first-order chi connectivity index (χ1) is 13.6. The van der Waals surface area contributed by atoms with Crippen molar-refractivity contribution in [3.05, 3.63) is 45.8 Å². The van der Waals surface area contributed by atoms with Crippen molar-refractivity contribution in [3.8, 4) is 6.07 Å². The molecule has 0 bridgehead atoms. The Balaban J connectivity index is 2.58. The molecule has 0 fully saturated rings. The number of alkyl halides is 8. The molecular weight excluding hydrogens is 434 g/mol. The fourth-order valence-electron chi connectivity index (χ4n) is 2.34. The number of nitrogens with zero attached hydrogens (tertiary/aromatic N) is 3. The molecule has 1 amide bonds. The highest BCUT2D eigenvalue weighted by Crippen LogP contribution is 2.49. The Morgan fingerprint density at radius 2 is 1.77 bits per heavy atom.